The summed E-state index contributed by atoms with van der Waals surface area (Å²) in [6, 6.07) is 1.96. The maximum Gasteiger partial charge on any atom is 0.146 e. The zero-order valence-electron chi connectivity index (χ0n) is 12.1. The van der Waals surface area contributed by atoms with Crippen molar-refractivity contribution in [2.24, 2.45) is 0 Å². The first kappa shape index (κ1) is 14.0. The highest BCUT2D eigenvalue weighted by Gasteiger charge is 2.14. The van der Waals surface area contributed by atoms with E-state index >= 15 is 0 Å². The number of piperazine rings is 1. The summed E-state index contributed by atoms with van der Waals surface area (Å²) in [7, 11) is 4.04. The largest absolute Gasteiger partial charge is 0.373 e. The molecule has 1 aliphatic heterocycles. The van der Waals surface area contributed by atoms with E-state index in [1.54, 1.807) is 0 Å². The minimum Gasteiger partial charge on any atom is -0.373 e. The number of aromatic nitrogens is 2. The van der Waals surface area contributed by atoms with Gasteiger partial charge in [-0.25, -0.2) is 15.0 Å². The van der Waals surface area contributed by atoms with Gasteiger partial charge in [0, 0.05) is 45.7 Å². The molecule has 0 bridgehead atoms. The molecule has 0 amide bonds. The third kappa shape index (κ3) is 4.04. The molecule has 6 heteroatoms. The molecule has 2 rings (SSSR count). The number of anilines is 2. The second-order valence-electron chi connectivity index (χ2n) is 4.96. The molecule has 2 heterocycles. The highest BCUT2D eigenvalue weighted by atomic mass is 15.5. The number of hydrogen-bond donors (Lipinski definition) is 2. The molecule has 0 aliphatic carbocycles. The molecule has 1 aromatic rings. The van der Waals surface area contributed by atoms with E-state index in [9.17, 15) is 0 Å². The number of aryl methyl sites for hydroxylation is 1. The second kappa shape index (κ2) is 6.68. The molecule has 0 aromatic carbocycles. The zero-order chi connectivity index (χ0) is 13.7. The summed E-state index contributed by atoms with van der Waals surface area (Å²) in [4.78, 5) is 11.4. The number of hydrazine groups is 1. The van der Waals surface area contributed by atoms with E-state index in [0.29, 0.717) is 0 Å². The van der Waals surface area contributed by atoms with E-state index in [4.69, 9.17) is 0 Å². The van der Waals surface area contributed by atoms with Crippen LogP contribution in [0.2, 0.25) is 0 Å². The van der Waals surface area contributed by atoms with Crippen molar-refractivity contribution in [3.05, 3.63) is 11.9 Å². The summed E-state index contributed by atoms with van der Waals surface area (Å²) in [6.45, 7) is 6.33. The van der Waals surface area contributed by atoms with Crippen molar-refractivity contribution in [3.63, 3.8) is 0 Å². The average molecular weight is 264 g/mol. The lowest BCUT2D eigenvalue weighted by atomic mass is 10.3. The molecule has 0 saturated carbocycles. The lowest BCUT2D eigenvalue weighted by molar-refractivity contribution is 0.178. The van der Waals surface area contributed by atoms with Crippen LogP contribution in [-0.4, -0.2) is 60.2 Å². The molecule has 1 aliphatic rings. The quantitative estimate of drug-likeness (QED) is 0.829. The van der Waals surface area contributed by atoms with Gasteiger partial charge in [-0.05, 0) is 13.5 Å². The van der Waals surface area contributed by atoms with Crippen molar-refractivity contribution in [1.82, 2.24) is 19.9 Å². The Balaban J connectivity index is 2.04. The van der Waals surface area contributed by atoms with Gasteiger partial charge < -0.3 is 15.6 Å². The van der Waals surface area contributed by atoms with Crippen LogP contribution in [0.3, 0.4) is 0 Å². The first-order valence-electron chi connectivity index (χ1n) is 6.97. The van der Waals surface area contributed by atoms with Gasteiger partial charge in [0.2, 0.25) is 0 Å². The van der Waals surface area contributed by atoms with Crippen LogP contribution in [0.15, 0.2) is 6.07 Å². The molecule has 1 fully saturated rings. The number of likely N-dealkylation sites (N-methyl/N-ethyl adjacent to an activating group) is 1. The van der Waals surface area contributed by atoms with Crippen LogP contribution >= 0.6 is 0 Å². The lowest BCUT2D eigenvalue weighted by Gasteiger charge is -2.32. The third-order valence-corrected chi connectivity index (χ3v) is 3.28. The molecular weight excluding hydrogens is 240 g/mol. The molecule has 106 valence electrons. The Morgan fingerprint density at radius 3 is 2.47 bits per heavy atom. The molecule has 0 unspecified atom stereocenters. The fraction of sp³-hybridized carbons (Fsp3) is 0.692. The van der Waals surface area contributed by atoms with E-state index < -0.39 is 0 Å². The van der Waals surface area contributed by atoms with Crippen molar-refractivity contribution in [2.45, 2.75) is 19.8 Å². The third-order valence-electron chi connectivity index (χ3n) is 3.28. The number of nitrogens with one attached hydrogen (secondary N) is 2. The van der Waals surface area contributed by atoms with Crippen LogP contribution < -0.4 is 10.7 Å². The molecule has 1 saturated heterocycles. The maximum atomic E-state index is 4.57. The lowest BCUT2D eigenvalue weighted by Crippen LogP contribution is -2.47. The molecule has 0 atom stereocenters. The molecule has 6 nitrogen and oxygen atoms in total. The molecule has 0 radical (unpaired) electrons. The van der Waals surface area contributed by atoms with Crippen molar-refractivity contribution in [2.75, 3.05) is 51.0 Å². The van der Waals surface area contributed by atoms with Crippen LogP contribution in [0, 0.1) is 0 Å². The first-order valence-corrected chi connectivity index (χ1v) is 6.97. The molecule has 1 aromatic heterocycles. The predicted octanol–water partition coefficient (Wildman–Crippen LogP) is 1.05. The summed E-state index contributed by atoms with van der Waals surface area (Å²) in [5, 5.41) is 5.31. The minimum absolute atomic E-state index is 0.870. The number of rotatable bonds is 5. The van der Waals surface area contributed by atoms with Gasteiger partial charge in [0.1, 0.15) is 17.5 Å². The van der Waals surface area contributed by atoms with Gasteiger partial charge in [0.05, 0.1) is 0 Å². The summed E-state index contributed by atoms with van der Waals surface area (Å²) in [5.41, 5.74) is 3.39. The predicted molar refractivity (Wildman–Crippen MR) is 78.3 cm³/mol. The van der Waals surface area contributed by atoms with E-state index in [1.807, 2.05) is 13.1 Å². The van der Waals surface area contributed by atoms with Gasteiger partial charge in [-0.15, -0.1) is 0 Å². The maximum absolute atomic E-state index is 4.57. The van der Waals surface area contributed by atoms with Gasteiger partial charge in [-0.1, -0.05) is 6.92 Å². The summed E-state index contributed by atoms with van der Waals surface area (Å²) in [6.07, 6.45) is 1.97. The normalized spacial score (nSPS) is 17.4. The fourth-order valence-electron chi connectivity index (χ4n) is 2.10. The van der Waals surface area contributed by atoms with Crippen LogP contribution in [-0.2, 0) is 6.42 Å². The molecule has 2 N–H and O–H groups in total. The zero-order valence-corrected chi connectivity index (χ0v) is 12.1. The van der Waals surface area contributed by atoms with Crippen molar-refractivity contribution >= 4 is 11.6 Å². The summed E-state index contributed by atoms with van der Waals surface area (Å²) >= 11 is 0. The van der Waals surface area contributed by atoms with Crippen LogP contribution in [0.4, 0.5) is 11.6 Å². The van der Waals surface area contributed by atoms with Gasteiger partial charge in [0.25, 0.3) is 0 Å². The Morgan fingerprint density at radius 2 is 1.84 bits per heavy atom. The number of hydrogen-bond acceptors (Lipinski definition) is 6. The minimum atomic E-state index is 0.870. The highest BCUT2D eigenvalue weighted by molar-refractivity contribution is 5.46. The summed E-state index contributed by atoms with van der Waals surface area (Å²) < 4.78 is 0. The van der Waals surface area contributed by atoms with E-state index in [2.05, 4.69) is 44.6 Å². The fourth-order valence-corrected chi connectivity index (χ4v) is 2.10. The summed E-state index contributed by atoms with van der Waals surface area (Å²) in [5.74, 6) is 2.65. The average Bonchev–Trinajstić information content (AvgIpc) is 2.41. The van der Waals surface area contributed by atoms with Crippen LogP contribution in [0.1, 0.15) is 19.2 Å². The van der Waals surface area contributed by atoms with Gasteiger partial charge >= 0.3 is 0 Å². The van der Waals surface area contributed by atoms with Gasteiger partial charge in [-0.3, -0.25) is 0 Å². The molecule has 19 heavy (non-hydrogen) atoms. The van der Waals surface area contributed by atoms with Crippen molar-refractivity contribution in [1.29, 1.82) is 0 Å². The Hall–Kier alpha value is -1.40. The first-order chi connectivity index (χ1) is 9.21. The van der Waals surface area contributed by atoms with Crippen LogP contribution in [0.5, 0.6) is 0 Å². The second-order valence-corrected chi connectivity index (χ2v) is 4.96. The Morgan fingerprint density at radius 1 is 1.16 bits per heavy atom. The van der Waals surface area contributed by atoms with Gasteiger partial charge in [-0.2, -0.15) is 0 Å². The SMILES string of the molecule is CCCc1nc(NC)cc(NN2CCN(C)CC2)n1. The van der Waals surface area contributed by atoms with E-state index in [0.717, 1.165) is 56.5 Å². The number of nitrogens with zero attached hydrogens (tertiary/aromatic N) is 4. The molecular formula is C13H24N6. The van der Waals surface area contributed by atoms with E-state index in [-0.39, 0.29) is 0 Å². The Bertz CT molecular complexity index is 400. The topological polar surface area (TPSA) is 56.3 Å². The van der Waals surface area contributed by atoms with Crippen molar-refractivity contribution < 1.29 is 0 Å². The Labute approximate surface area is 115 Å². The van der Waals surface area contributed by atoms with Gasteiger partial charge in [0.15, 0.2) is 0 Å². The van der Waals surface area contributed by atoms with E-state index in [1.165, 1.54) is 0 Å². The Kier molecular flexibility index (Phi) is 4.93. The monoisotopic (exact) mass is 264 g/mol. The van der Waals surface area contributed by atoms with Crippen LogP contribution in [0.25, 0.3) is 0 Å². The molecule has 0 spiro atoms. The smallest absolute Gasteiger partial charge is 0.146 e. The van der Waals surface area contributed by atoms with Crippen molar-refractivity contribution in [3.8, 4) is 0 Å². The standard InChI is InChI=1S/C13H24N6/c1-4-5-11-15-12(14-2)10-13(16-11)17-19-8-6-18(3)7-9-19/h10H,4-9H2,1-3H3,(H2,14,15,16,17). The highest BCUT2D eigenvalue weighted by Crippen LogP contribution is 2.13.